The van der Waals surface area contributed by atoms with E-state index in [0.717, 1.165) is 17.2 Å². The Labute approximate surface area is 123 Å². The smallest absolute Gasteiger partial charge is 0.272 e. The van der Waals surface area contributed by atoms with Crippen LogP contribution in [0.2, 0.25) is 0 Å². The van der Waals surface area contributed by atoms with Crippen LogP contribution < -0.4 is 0 Å². The number of hydrogen-bond donors (Lipinski definition) is 1. The zero-order valence-electron chi connectivity index (χ0n) is 12.2. The summed E-state index contributed by atoms with van der Waals surface area (Å²) in [5.74, 6) is 0.706. The molecular weight excluding hydrogens is 268 g/mol. The van der Waals surface area contributed by atoms with Crippen LogP contribution in [0.5, 0.6) is 0 Å². The quantitative estimate of drug-likeness (QED) is 0.911. The van der Waals surface area contributed by atoms with Crippen molar-refractivity contribution in [3.05, 3.63) is 47.3 Å². The summed E-state index contributed by atoms with van der Waals surface area (Å²) in [6.45, 7) is 5.39. The minimum atomic E-state index is -0.207. The highest BCUT2D eigenvalue weighted by Gasteiger charge is 2.28. The van der Waals surface area contributed by atoms with Crippen LogP contribution >= 0.6 is 0 Å². The number of pyridine rings is 1. The molecule has 1 unspecified atom stereocenters. The van der Waals surface area contributed by atoms with Gasteiger partial charge in [0, 0.05) is 24.1 Å². The summed E-state index contributed by atoms with van der Waals surface area (Å²) >= 11 is 0. The van der Waals surface area contributed by atoms with E-state index in [-0.39, 0.29) is 12.0 Å². The molecule has 1 atom stereocenters. The molecular formula is C15H18N4O2. The second kappa shape index (κ2) is 5.65. The van der Waals surface area contributed by atoms with Crippen molar-refractivity contribution in [1.29, 1.82) is 0 Å². The van der Waals surface area contributed by atoms with E-state index < -0.39 is 0 Å². The van der Waals surface area contributed by atoms with Gasteiger partial charge in [-0.05, 0) is 26.0 Å². The Hall–Kier alpha value is -2.21. The van der Waals surface area contributed by atoms with Gasteiger partial charge in [0.25, 0.3) is 5.91 Å². The molecule has 1 saturated heterocycles. The van der Waals surface area contributed by atoms with Crippen LogP contribution in [0.3, 0.4) is 0 Å². The van der Waals surface area contributed by atoms with Crippen LogP contribution in [0.15, 0.2) is 24.4 Å². The van der Waals surface area contributed by atoms with Crippen molar-refractivity contribution in [1.82, 2.24) is 19.9 Å². The molecule has 0 aliphatic carbocycles. The topological polar surface area (TPSA) is 71.1 Å². The third kappa shape index (κ3) is 2.95. The van der Waals surface area contributed by atoms with Crippen LogP contribution in [0, 0.1) is 13.8 Å². The number of hydrogen-bond acceptors (Lipinski definition) is 4. The Bertz CT molecular complexity index is 653. The number of amides is 1. The second-order valence-electron chi connectivity index (χ2n) is 5.23. The van der Waals surface area contributed by atoms with Gasteiger partial charge in [0.05, 0.1) is 13.2 Å². The minimum absolute atomic E-state index is 0.0599. The van der Waals surface area contributed by atoms with Gasteiger partial charge in [0.1, 0.15) is 17.6 Å². The van der Waals surface area contributed by atoms with E-state index in [1.165, 1.54) is 0 Å². The average molecular weight is 286 g/mol. The maximum absolute atomic E-state index is 12.5. The van der Waals surface area contributed by atoms with E-state index in [1.54, 1.807) is 17.2 Å². The molecule has 3 heterocycles. The maximum Gasteiger partial charge on any atom is 0.272 e. The summed E-state index contributed by atoms with van der Waals surface area (Å²) in [5, 5.41) is 0. The Kier molecular flexibility index (Phi) is 3.70. The zero-order chi connectivity index (χ0) is 14.8. The Morgan fingerprint density at radius 3 is 3.00 bits per heavy atom. The highest BCUT2D eigenvalue weighted by Crippen LogP contribution is 2.20. The van der Waals surface area contributed by atoms with E-state index in [0.29, 0.717) is 25.4 Å². The average Bonchev–Trinajstić information content (AvgIpc) is 2.93. The molecule has 1 aliphatic rings. The summed E-state index contributed by atoms with van der Waals surface area (Å²) in [6.07, 6.45) is 1.56. The summed E-state index contributed by atoms with van der Waals surface area (Å²) in [6, 6.07) is 5.48. The van der Waals surface area contributed by atoms with Crippen molar-refractivity contribution in [2.75, 3.05) is 19.7 Å². The molecule has 21 heavy (non-hydrogen) atoms. The molecule has 0 radical (unpaired) electrons. The summed E-state index contributed by atoms with van der Waals surface area (Å²) in [4.78, 5) is 26.0. The highest BCUT2D eigenvalue weighted by atomic mass is 16.5. The third-order valence-corrected chi connectivity index (χ3v) is 3.49. The molecule has 2 aromatic rings. The molecule has 110 valence electrons. The normalized spacial score (nSPS) is 18.8. The molecule has 1 amide bonds. The fourth-order valence-electron chi connectivity index (χ4n) is 2.42. The molecule has 2 aromatic heterocycles. The number of H-pyrrole nitrogens is 1. The number of carbonyl (C=O) groups is 1. The molecule has 1 aliphatic heterocycles. The number of rotatable bonds is 2. The van der Waals surface area contributed by atoms with E-state index in [2.05, 4.69) is 15.0 Å². The summed E-state index contributed by atoms with van der Waals surface area (Å²) in [7, 11) is 0. The minimum Gasteiger partial charge on any atom is -0.367 e. The summed E-state index contributed by atoms with van der Waals surface area (Å²) in [5.41, 5.74) is 2.30. The monoisotopic (exact) mass is 286 g/mol. The first-order valence-corrected chi connectivity index (χ1v) is 6.99. The number of nitrogens with zero attached hydrogens (tertiary/aromatic N) is 3. The lowest BCUT2D eigenvalue weighted by Gasteiger charge is -2.31. The fourth-order valence-corrected chi connectivity index (χ4v) is 2.42. The Balaban J connectivity index is 1.75. The molecule has 6 nitrogen and oxygen atoms in total. The molecule has 6 heteroatoms. The van der Waals surface area contributed by atoms with Crippen molar-refractivity contribution < 1.29 is 9.53 Å². The van der Waals surface area contributed by atoms with E-state index in [9.17, 15) is 4.79 Å². The van der Waals surface area contributed by atoms with Crippen molar-refractivity contribution in [3.63, 3.8) is 0 Å². The lowest BCUT2D eigenvalue weighted by molar-refractivity contribution is -0.0266. The second-order valence-corrected chi connectivity index (χ2v) is 5.23. The first-order chi connectivity index (χ1) is 10.1. The van der Waals surface area contributed by atoms with Crippen molar-refractivity contribution in [2.24, 2.45) is 0 Å². The predicted molar refractivity (Wildman–Crippen MR) is 76.9 cm³/mol. The van der Waals surface area contributed by atoms with E-state index in [4.69, 9.17) is 4.74 Å². The number of nitrogens with one attached hydrogen (secondary N) is 1. The van der Waals surface area contributed by atoms with E-state index >= 15 is 0 Å². The maximum atomic E-state index is 12.5. The largest absolute Gasteiger partial charge is 0.367 e. The van der Waals surface area contributed by atoms with E-state index in [1.807, 2.05) is 26.0 Å². The molecule has 1 fully saturated rings. The lowest BCUT2D eigenvalue weighted by atomic mass is 10.2. The van der Waals surface area contributed by atoms with Gasteiger partial charge < -0.3 is 14.6 Å². The molecule has 0 bridgehead atoms. The number of aryl methyl sites for hydroxylation is 2. The van der Waals surface area contributed by atoms with Gasteiger partial charge in [0.15, 0.2) is 0 Å². The number of aromatic amines is 1. The first kappa shape index (κ1) is 13.8. The predicted octanol–water partition coefficient (Wildman–Crippen LogP) is 1.64. The third-order valence-electron chi connectivity index (χ3n) is 3.49. The lowest BCUT2D eigenvalue weighted by Crippen LogP contribution is -2.42. The van der Waals surface area contributed by atoms with Gasteiger partial charge in [-0.2, -0.15) is 0 Å². The van der Waals surface area contributed by atoms with Crippen molar-refractivity contribution in [3.8, 4) is 0 Å². The molecule has 0 spiro atoms. The highest BCUT2D eigenvalue weighted by molar-refractivity contribution is 5.92. The summed E-state index contributed by atoms with van der Waals surface area (Å²) < 4.78 is 5.71. The van der Waals surface area contributed by atoms with Crippen LogP contribution in [0.4, 0.5) is 0 Å². The van der Waals surface area contributed by atoms with Crippen LogP contribution in [-0.2, 0) is 4.74 Å². The fraction of sp³-hybridized carbons (Fsp3) is 0.400. The van der Waals surface area contributed by atoms with Gasteiger partial charge in [-0.3, -0.25) is 4.79 Å². The van der Waals surface area contributed by atoms with Gasteiger partial charge in [-0.15, -0.1) is 0 Å². The van der Waals surface area contributed by atoms with Crippen LogP contribution in [0.1, 0.15) is 33.8 Å². The Morgan fingerprint density at radius 1 is 1.43 bits per heavy atom. The SMILES string of the molecule is Cc1cccc(C(=O)N2CCOC(c3ncc(C)[nH]3)C2)n1. The number of carbonyl (C=O) groups excluding carboxylic acids is 1. The molecule has 0 aromatic carbocycles. The van der Waals surface area contributed by atoms with Crippen LogP contribution in [-0.4, -0.2) is 45.5 Å². The Morgan fingerprint density at radius 2 is 2.29 bits per heavy atom. The molecule has 0 saturated carbocycles. The van der Waals surface area contributed by atoms with Crippen LogP contribution in [0.25, 0.3) is 0 Å². The number of imidazole rings is 1. The zero-order valence-corrected chi connectivity index (χ0v) is 12.2. The van der Waals surface area contributed by atoms with Gasteiger partial charge in [-0.1, -0.05) is 6.07 Å². The van der Waals surface area contributed by atoms with Crippen molar-refractivity contribution in [2.45, 2.75) is 20.0 Å². The van der Waals surface area contributed by atoms with Gasteiger partial charge >= 0.3 is 0 Å². The number of ether oxygens (including phenoxy) is 1. The standard InChI is InChI=1S/C15H18N4O2/c1-10-4-3-5-12(17-10)15(20)19-6-7-21-13(9-19)14-16-8-11(2)18-14/h3-5,8,13H,6-7,9H2,1-2H3,(H,16,18). The first-order valence-electron chi connectivity index (χ1n) is 6.99. The molecule has 3 rings (SSSR count). The van der Waals surface area contributed by atoms with Gasteiger partial charge in [-0.25, -0.2) is 9.97 Å². The van der Waals surface area contributed by atoms with Gasteiger partial charge in [0.2, 0.25) is 0 Å². The van der Waals surface area contributed by atoms with Crippen molar-refractivity contribution >= 4 is 5.91 Å². The number of morpholine rings is 1. The number of aromatic nitrogens is 3. The molecule has 1 N–H and O–H groups in total.